The molecule has 1 unspecified atom stereocenters. The van der Waals surface area contributed by atoms with Crippen LogP contribution in [0.15, 0.2) is 11.6 Å². The molecular formula is C8H13NO2S. The van der Waals surface area contributed by atoms with Gasteiger partial charge in [-0.1, -0.05) is 6.08 Å². The Hall–Kier alpha value is -0.480. The Bertz CT molecular complexity index is 223. The predicted molar refractivity (Wildman–Crippen MR) is 50.3 cm³/mol. The number of hydrogen-bond acceptors (Lipinski definition) is 3. The van der Waals surface area contributed by atoms with Gasteiger partial charge in [0.15, 0.2) is 0 Å². The summed E-state index contributed by atoms with van der Waals surface area (Å²) in [5.41, 5.74) is 5.35. The Morgan fingerprint density at radius 1 is 1.83 bits per heavy atom. The van der Waals surface area contributed by atoms with E-state index in [9.17, 15) is 4.79 Å². The topological polar surface area (TPSA) is 63.3 Å². The number of hydrogen-bond donors (Lipinski definition) is 2. The fourth-order valence-corrected chi connectivity index (χ4v) is 1.99. The van der Waals surface area contributed by atoms with E-state index in [1.165, 1.54) is 0 Å². The van der Waals surface area contributed by atoms with Crippen molar-refractivity contribution in [2.45, 2.75) is 18.9 Å². The highest BCUT2D eigenvalue weighted by atomic mass is 32.2. The molecule has 0 aromatic carbocycles. The maximum atomic E-state index is 10.7. The number of carboxylic acid groups (broad SMARTS) is 1. The fraction of sp³-hybridized carbons (Fsp3) is 0.625. The lowest BCUT2D eigenvalue weighted by Crippen LogP contribution is -2.47. The molecule has 68 valence electrons. The second kappa shape index (κ2) is 3.49. The molecule has 1 rings (SSSR count). The lowest BCUT2D eigenvalue weighted by atomic mass is 9.91. The van der Waals surface area contributed by atoms with Crippen molar-refractivity contribution < 1.29 is 9.90 Å². The highest BCUT2D eigenvalue weighted by Gasteiger charge is 2.32. The number of thioether (sulfide) groups is 1. The molecule has 0 spiro atoms. The first-order valence-electron chi connectivity index (χ1n) is 3.84. The van der Waals surface area contributed by atoms with Crippen LogP contribution >= 0.6 is 11.8 Å². The summed E-state index contributed by atoms with van der Waals surface area (Å²) in [7, 11) is 0. The average Bonchev–Trinajstić information content (AvgIpc) is 2.06. The zero-order chi connectivity index (χ0) is 9.19. The smallest absolute Gasteiger partial charge is 0.327 e. The maximum absolute atomic E-state index is 10.7. The van der Waals surface area contributed by atoms with E-state index in [1.807, 2.05) is 6.08 Å². The molecule has 4 heteroatoms. The Labute approximate surface area is 76.0 Å². The van der Waals surface area contributed by atoms with E-state index in [0.717, 1.165) is 23.5 Å². The van der Waals surface area contributed by atoms with E-state index in [2.05, 4.69) is 0 Å². The fourth-order valence-electron chi connectivity index (χ4n) is 1.14. The van der Waals surface area contributed by atoms with Gasteiger partial charge in [0.05, 0.1) is 0 Å². The van der Waals surface area contributed by atoms with Crippen LogP contribution in [0, 0.1) is 0 Å². The maximum Gasteiger partial charge on any atom is 0.327 e. The van der Waals surface area contributed by atoms with Crippen molar-refractivity contribution in [3.05, 3.63) is 11.6 Å². The van der Waals surface area contributed by atoms with E-state index >= 15 is 0 Å². The van der Waals surface area contributed by atoms with Gasteiger partial charge in [0, 0.05) is 5.75 Å². The minimum atomic E-state index is -1.17. The molecule has 0 aliphatic carbocycles. The zero-order valence-electron chi connectivity index (χ0n) is 7.04. The van der Waals surface area contributed by atoms with Gasteiger partial charge in [-0.2, -0.15) is 11.8 Å². The second-order valence-electron chi connectivity index (χ2n) is 3.06. The zero-order valence-corrected chi connectivity index (χ0v) is 7.86. The predicted octanol–water partition coefficient (Wildman–Crippen LogP) is 0.852. The lowest BCUT2D eigenvalue weighted by molar-refractivity contribution is -0.141. The van der Waals surface area contributed by atoms with Crippen molar-refractivity contribution in [3.63, 3.8) is 0 Å². The highest BCUT2D eigenvalue weighted by molar-refractivity contribution is 7.99. The van der Waals surface area contributed by atoms with Gasteiger partial charge in [-0.3, -0.25) is 0 Å². The first-order valence-corrected chi connectivity index (χ1v) is 5.00. The summed E-state index contributed by atoms with van der Waals surface area (Å²) in [6.45, 7) is 1.55. The summed E-state index contributed by atoms with van der Waals surface area (Å²) < 4.78 is 0. The van der Waals surface area contributed by atoms with Crippen LogP contribution in [0.2, 0.25) is 0 Å². The molecule has 1 atom stereocenters. The summed E-state index contributed by atoms with van der Waals surface area (Å²) >= 11 is 1.80. The SMILES string of the molecule is CC(N)(C(=O)O)C1=CCSCC1. The molecular weight excluding hydrogens is 174 g/mol. The van der Waals surface area contributed by atoms with Crippen LogP contribution in [0.3, 0.4) is 0 Å². The summed E-state index contributed by atoms with van der Waals surface area (Å²) in [6, 6.07) is 0. The van der Waals surface area contributed by atoms with Crippen LogP contribution in [-0.4, -0.2) is 28.1 Å². The normalized spacial score (nSPS) is 22.7. The highest BCUT2D eigenvalue weighted by Crippen LogP contribution is 2.24. The van der Waals surface area contributed by atoms with Gasteiger partial charge in [0.2, 0.25) is 0 Å². The Kier molecular flexibility index (Phi) is 2.80. The molecule has 1 aliphatic rings. The minimum Gasteiger partial charge on any atom is -0.480 e. The van der Waals surface area contributed by atoms with Crippen molar-refractivity contribution in [2.75, 3.05) is 11.5 Å². The van der Waals surface area contributed by atoms with Crippen molar-refractivity contribution in [1.82, 2.24) is 0 Å². The van der Waals surface area contributed by atoms with Crippen molar-refractivity contribution in [1.29, 1.82) is 0 Å². The third-order valence-corrected chi connectivity index (χ3v) is 2.97. The largest absolute Gasteiger partial charge is 0.480 e. The monoisotopic (exact) mass is 187 g/mol. The van der Waals surface area contributed by atoms with Crippen molar-refractivity contribution >= 4 is 17.7 Å². The van der Waals surface area contributed by atoms with E-state index in [-0.39, 0.29) is 0 Å². The van der Waals surface area contributed by atoms with Crippen molar-refractivity contribution in [2.24, 2.45) is 5.73 Å². The number of nitrogens with two attached hydrogens (primary N) is 1. The molecule has 0 bridgehead atoms. The van der Waals surface area contributed by atoms with Crippen LogP contribution in [0.4, 0.5) is 0 Å². The molecule has 3 N–H and O–H groups in total. The van der Waals surface area contributed by atoms with Gasteiger partial charge in [0.1, 0.15) is 5.54 Å². The first kappa shape index (κ1) is 9.61. The third kappa shape index (κ3) is 1.81. The number of carboxylic acids is 1. The molecule has 0 saturated heterocycles. The van der Waals surface area contributed by atoms with Crippen LogP contribution < -0.4 is 5.73 Å². The van der Waals surface area contributed by atoms with Crippen LogP contribution in [0.5, 0.6) is 0 Å². The van der Waals surface area contributed by atoms with Gasteiger partial charge < -0.3 is 10.8 Å². The molecule has 1 aliphatic heterocycles. The molecule has 0 saturated carbocycles. The Balaban J connectivity index is 2.79. The van der Waals surface area contributed by atoms with Gasteiger partial charge in [0.25, 0.3) is 0 Å². The van der Waals surface area contributed by atoms with E-state index in [1.54, 1.807) is 18.7 Å². The van der Waals surface area contributed by atoms with Gasteiger partial charge in [-0.25, -0.2) is 4.79 Å². The summed E-state index contributed by atoms with van der Waals surface area (Å²) in [4.78, 5) is 10.7. The molecule has 1 heterocycles. The number of aliphatic carboxylic acids is 1. The Morgan fingerprint density at radius 3 is 2.92 bits per heavy atom. The number of rotatable bonds is 2. The van der Waals surface area contributed by atoms with Gasteiger partial charge in [-0.15, -0.1) is 0 Å². The standard InChI is InChI=1S/C8H13NO2S/c1-8(9,7(10)11)6-2-4-12-5-3-6/h2H,3-5,9H2,1H3,(H,10,11). The van der Waals surface area contributed by atoms with E-state index in [4.69, 9.17) is 10.8 Å². The van der Waals surface area contributed by atoms with Gasteiger partial charge in [-0.05, 0) is 24.7 Å². The molecule has 0 aromatic heterocycles. The molecule has 0 amide bonds. The van der Waals surface area contributed by atoms with Crippen LogP contribution in [-0.2, 0) is 4.79 Å². The molecule has 0 fully saturated rings. The summed E-state index contributed by atoms with van der Waals surface area (Å²) in [5, 5.41) is 8.82. The first-order chi connectivity index (χ1) is 5.55. The molecule has 0 radical (unpaired) electrons. The summed E-state index contributed by atoms with van der Waals surface area (Å²) in [6.07, 6.45) is 2.73. The molecule has 12 heavy (non-hydrogen) atoms. The van der Waals surface area contributed by atoms with Crippen molar-refractivity contribution in [3.8, 4) is 0 Å². The third-order valence-electron chi connectivity index (χ3n) is 2.07. The average molecular weight is 187 g/mol. The quantitative estimate of drug-likeness (QED) is 0.629. The van der Waals surface area contributed by atoms with E-state index < -0.39 is 11.5 Å². The lowest BCUT2D eigenvalue weighted by Gasteiger charge is -2.25. The minimum absolute atomic E-state index is 0.796. The molecule has 0 aromatic rings. The van der Waals surface area contributed by atoms with E-state index in [0.29, 0.717) is 0 Å². The molecule has 3 nitrogen and oxygen atoms in total. The van der Waals surface area contributed by atoms with Crippen LogP contribution in [0.1, 0.15) is 13.3 Å². The summed E-state index contributed by atoms with van der Waals surface area (Å²) in [5.74, 6) is 0.919. The Morgan fingerprint density at radius 2 is 2.50 bits per heavy atom. The number of carbonyl (C=O) groups is 1. The van der Waals surface area contributed by atoms with Crippen LogP contribution in [0.25, 0.3) is 0 Å². The van der Waals surface area contributed by atoms with Gasteiger partial charge >= 0.3 is 5.97 Å². The second-order valence-corrected chi connectivity index (χ2v) is 4.21.